The molecular weight excluding hydrogens is 246 g/mol. The quantitative estimate of drug-likeness (QED) is 0.767. The third kappa shape index (κ3) is 2.00. The fraction of sp³-hybridized carbons (Fsp3) is 0.0769. The number of amides is 1. The molecule has 1 N–H and O–H groups in total. The van der Waals surface area contributed by atoms with Gasteiger partial charge in [0.1, 0.15) is 5.65 Å². The van der Waals surface area contributed by atoms with E-state index >= 15 is 0 Å². The molecule has 0 aliphatic carbocycles. The highest BCUT2D eigenvalue weighted by Gasteiger charge is 2.07. The van der Waals surface area contributed by atoms with Gasteiger partial charge in [-0.1, -0.05) is 6.07 Å². The number of anilines is 1. The van der Waals surface area contributed by atoms with E-state index in [9.17, 15) is 4.79 Å². The summed E-state index contributed by atoms with van der Waals surface area (Å²) in [6.45, 7) is 1.94. The maximum Gasteiger partial charge on any atom is 0.265 e. The molecule has 4 nitrogen and oxygen atoms in total. The Morgan fingerprint density at radius 1 is 1.33 bits per heavy atom. The fourth-order valence-corrected chi connectivity index (χ4v) is 2.41. The predicted molar refractivity (Wildman–Crippen MR) is 72.2 cm³/mol. The molecule has 0 aromatic carbocycles. The summed E-state index contributed by atoms with van der Waals surface area (Å²) in [6, 6.07) is 7.41. The van der Waals surface area contributed by atoms with Gasteiger partial charge in [0.15, 0.2) is 0 Å². The number of carbonyl (C=O) groups excluding carboxylic acids is 1. The number of aryl methyl sites for hydroxylation is 1. The number of imidazole rings is 1. The van der Waals surface area contributed by atoms with Crippen molar-refractivity contribution in [1.82, 2.24) is 9.38 Å². The van der Waals surface area contributed by atoms with Gasteiger partial charge in [-0.3, -0.25) is 4.79 Å². The van der Waals surface area contributed by atoms with Crippen LogP contribution in [-0.2, 0) is 0 Å². The second kappa shape index (κ2) is 4.27. The van der Waals surface area contributed by atoms with Gasteiger partial charge in [-0.15, -0.1) is 11.3 Å². The first-order chi connectivity index (χ1) is 8.72. The van der Waals surface area contributed by atoms with Gasteiger partial charge in [-0.2, -0.15) is 0 Å². The molecule has 0 saturated heterocycles. The Kier molecular flexibility index (Phi) is 2.60. The van der Waals surface area contributed by atoms with Crippen molar-refractivity contribution < 1.29 is 4.79 Å². The molecule has 0 bridgehead atoms. The molecule has 18 heavy (non-hydrogen) atoms. The topological polar surface area (TPSA) is 46.4 Å². The lowest BCUT2D eigenvalue weighted by molar-refractivity contribution is 0.103. The van der Waals surface area contributed by atoms with Gasteiger partial charge in [0, 0.05) is 12.4 Å². The minimum Gasteiger partial charge on any atom is -0.320 e. The zero-order valence-corrected chi connectivity index (χ0v) is 10.6. The number of rotatable bonds is 2. The molecule has 0 atom stereocenters. The van der Waals surface area contributed by atoms with Crippen LogP contribution in [0.5, 0.6) is 0 Å². The maximum absolute atomic E-state index is 11.9. The molecular formula is C13H11N3OS. The van der Waals surface area contributed by atoms with E-state index < -0.39 is 0 Å². The lowest BCUT2D eigenvalue weighted by Gasteiger charge is -2.03. The zero-order valence-electron chi connectivity index (χ0n) is 9.75. The van der Waals surface area contributed by atoms with Crippen molar-refractivity contribution >= 4 is 28.6 Å². The molecule has 3 rings (SSSR count). The van der Waals surface area contributed by atoms with E-state index in [-0.39, 0.29) is 5.91 Å². The molecule has 0 fully saturated rings. The average Bonchev–Trinajstić information content (AvgIpc) is 2.95. The fourth-order valence-electron chi connectivity index (χ4n) is 1.79. The van der Waals surface area contributed by atoms with Gasteiger partial charge in [0.25, 0.3) is 5.91 Å². The normalized spacial score (nSPS) is 10.7. The van der Waals surface area contributed by atoms with E-state index in [4.69, 9.17) is 0 Å². The second-order valence-corrected chi connectivity index (χ2v) is 4.94. The number of hydrogen-bond acceptors (Lipinski definition) is 3. The van der Waals surface area contributed by atoms with Crippen molar-refractivity contribution in [3.63, 3.8) is 0 Å². The van der Waals surface area contributed by atoms with Gasteiger partial charge in [0.2, 0.25) is 0 Å². The molecule has 3 aromatic rings. The smallest absolute Gasteiger partial charge is 0.265 e. The summed E-state index contributed by atoms with van der Waals surface area (Å²) < 4.78 is 1.90. The molecule has 0 spiro atoms. The first kappa shape index (κ1) is 11.0. The van der Waals surface area contributed by atoms with E-state index in [0.29, 0.717) is 4.88 Å². The number of aromatic nitrogens is 2. The summed E-state index contributed by atoms with van der Waals surface area (Å²) in [5, 5.41) is 4.75. The summed E-state index contributed by atoms with van der Waals surface area (Å²) in [6.07, 6.45) is 3.79. The standard InChI is InChI=1S/C13H11N3OS/c1-9-7-16-8-10(4-5-12(16)14-9)15-13(17)11-3-2-6-18-11/h2-8H,1H3,(H,15,17). The molecule has 0 unspecified atom stereocenters. The Morgan fingerprint density at radius 3 is 3.00 bits per heavy atom. The van der Waals surface area contributed by atoms with E-state index in [1.54, 1.807) is 6.07 Å². The third-order valence-electron chi connectivity index (χ3n) is 2.57. The number of hydrogen-bond donors (Lipinski definition) is 1. The van der Waals surface area contributed by atoms with Crippen LogP contribution in [0.15, 0.2) is 42.0 Å². The van der Waals surface area contributed by atoms with Crippen LogP contribution in [0.25, 0.3) is 5.65 Å². The Labute approximate surface area is 108 Å². The zero-order chi connectivity index (χ0) is 12.5. The van der Waals surface area contributed by atoms with E-state index in [0.717, 1.165) is 17.0 Å². The van der Waals surface area contributed by atoms with Crippen molar-refractivity contribution in [1.29, 1.82) is 0 Å². The Morgan fingerprint density at radius 2 is 2.22 bits per heavy atom. The van der Waals surface area contributed by atoms with Crippen LogP contribution >= 0.6 is 11.3 Å². The van der Waals surface area contributed by atoms with Crippen LogP contribution in [0.3, 0.4) is 0 Å². The molecule has 0 aliphatic heterocycles. The lowest BCUT2D eigenvalue weighted by atomic mass is 10.3. The summed E-state index contributed by atoms with van der Waals surface area (Å²) >= 11 is 1.43. The molecule has 3 aromatic heterocycles. The SMILES string of the molecule is Cc1cn2cc(NC(=O)c3cccs3)ccc2n1. The van der Waals surface area contributed by atoms with Crippen molar-refractivity contribution in [2.45, 2.75) is 6.92 Å². The van der Waals surface area contributed by atoms with E-state index in [1.807, 2.05) is 47.3 Å². The summed E-state index contributed by atoms with van der Waals surface area (Å²) in [4.78, 5) is 16.9. The molecule has 3 heterocycles. The summed E-state index contributed by atoms with van der Waals surface area (Å²) in [7, 11) is 0. The van der Waals surface area contributed by atoms with Crippen LogP contribution in [0.1, 0.15) is 15.4 Å². The number of nitrogens with one attached hydrogen (secondary N) is 1. The Hall–Kier alpha value is -2.14. The van der Waals surface area contributed by atoms with E-state index in [1.165, 1.54) is 11.3 Å². The van der Waals surface area contributed by atoms with Gasteiger partial charge < -0.3 is 9.72 Å². The predicted octanol–water partition coefficient (Wildman–Crippen LogP) is 2.96. The van der Waals surface area contributed by atoms with Crippen molar-refractivity contribution in [2.75, 3.05) is 5.32 Å². The second-order valence-electron chi connectivity index (χ2n) is 4.00. The van der Waals surface area contributed by atoms with Crippen molar-refractivity contribution in [3.8, 4) is 0 Å². The molecule has 5 heteroatoms. The van der Waals surface area contributed by atoms with Gasteiger partial charge in [-0.25, -0.2) is 4.98 Å². The number of carbonyl (C=O) groups is 1. The molecule has 0 saturated carbocycles. The van der Waals surface area contributed by atoms with E-state index in [2.05, 4.69) is 10.3 Å². The summed E-state index contributed by atoms with van der Waals surface area (Å²) in [5.41, 5.74) is 2.59. The van der Waals surface area contributed by atoms with Crippen LogP contribution in [0.4, 0.5) is 5.69 Å². The monoisotopic (exact) mass is 257 g/mol. The molecule has 0 radical (unpaired) electrons. The number of nitrogens with zero attached hydrogens (tertiary/aromatic N) is 2. The first-order valence-electron chi connectivity index (χ1n) is 5.52. The van der Waals surface area contributed by atoms with Crippen LogP contribution < -0.4 is 5.32 Å². The molecule has 1 amide bonds. The lowest BCUT2D eigenvalue weighted by Crippen LogP contribution is -2.10. The van der Waals surface area contributed by atoms with Crippen molar-refractivity contribution in [3.05, 3.63) is 52.6 Å². The third-order valence-corrected chi connectivity index (χ3v) is 3.44. The van der Waals surface area contributed by atoms with Crippen LogP contribution in [0.2, 0.25) is 0 Å². The Bertz CT molecular complexity index is 700. The minimum absolute atomic E-state index is 0.0822. The average molecular weight is 257 g/mol. The highest BCUT2D eigenvalue weighted by atomic mass is 32.1. The largest absolute Gasteiger partial charge is 0.320 e. The van der Waals surface area contributed by atoms with Crippen LogP contribution in [-0.4, -0.2) is 15.3 Å². The molecule has 0 aliphatic rings. The van der Waals surface area contributed by atoms with Gasteiger partial charge >= 0.3 is 0 Å². The van der Waals surface area contributed by atoms with Crippen molar-refractivity contribution in [2.24, 2.45) is 0 Å². The number of pyridine rings is 1. The number of fused-ring (bicyclic) bond motifs is 1. The number of thiophene rings is 1. The summed E-state index contributed by atoms with van der Waals surface area (Å²) in [5.74, 6) is -0.0822. The van der Waals surface area contributed by atoms with Gasteiger partial charge in [-0.05, 0) is 30.5 Å². The molecule has 90 valence electrons. The maximum atomic E-state index is 11.9. The van der Waals surface area contributed by atoms with Crippen LogP contribution in [0, 0.1) is 6.92 Å². The van der Waals surface area contributed by atoms with Gasteiger partial charge in [0.05, 0.1) is 16.3 Å². The highest BCUT2D eigenvalue weighted by molar-refractivity contribution is 7.12. The Balaban J connectivity index is 1.88. The minimum atomic E-state index is -0.0822. The highest BCUT2D eigenvalue weighted by Crippen LogP contribution is 2.14. The first-order valence-corrected chi connectivity index (χ1v) is 6.40.